The SMILES string of the molecule is OC(Cc1cc(F)ccc1Br)c1cc(F)c(F)cc1F. The topological polar surface area (TPSA) is 20.2 Å². The maximum atomic E-state index is 13.5. The Morgan fingerprint density at radius 3 is 2.30 bits per heavy atom. The van der Waals surface area contributed by atoms with Gasteiger partial charge in [-0.15, -0.1) is 0 Å². The zero-order valence-corrected chi connectivity index (χ0v) is 11.6. The van der Waals surface area contributed by atoms with Gasteiger partial charge in [0.05, 0.1) is 6.10 Å². The van der Waals surface area contributed by atoms with Crippen molar-refractivity contribution in [2.24, 2.45) is 0 Å². The van der Waals surface area contributed by atoms with Gasteiger partial charge in [-0.3, -0.25) is 0 Å². The number of aliphatic hydroxyl groups is 1. The minimum Gasteiger partial charge on any atom is -0.388 e. The summed E-state index contributed by atoms with van der Waals surface area (Å²) in [5.41, 5.74) is 0.0155. The molecule has 2 rings (SSSR count). The molecule has 0 aliphatic heterocycles. The molecule has 0 aliphatic rings. The van der Waals surface area contributed by atoms with Crippen molar-refractivity contribution in [1.29, 1.82) is 0 Å². The molecule has 0 saturated heterocycles. The predicted octanol–water partition coefficient (Wildman–Crippen LogP) is 4.28. The smallest absolute Gasteiger partial charge is 0.161 e. The number of hydrogen-bond acceptors (Lipinski definition) is 1. The monoisotopic (exact) mass is 348 g/mol. The zero-order chi connectivity index (χ0) is 14.9. The Hall–Kier alpha value is -1.40. The van der Waals surface area contributed by atoms with Crippen LogP contribution in [0.2, 0.25) is 0 Å². The van der Waals surface area contributed by atoms with Crippen LogP contribution in [0.4, 0.5) is 17.6 Å². The molecule has 106 valence electrons. The summed E-state index contributed by atoms with van der Waals surface area (Å²) in [7, 11) is 0. The third-order valence-electron chi connectivity index (χ3n) is 2.82. The molecule has 0 saturated carbocycles. The summed E-state index contributed by atoms with van der Waals surface area (Å²) >= 11 is 3.17. The second-order valence-electron chi connectivity index (χ2n) is 4.24. The van der Waals surface area contributed by atoms with E-state index in [0.29, 0.717) is 22.2 Å². The van der Waals surface area contributed by atoms with Crippen LogP contribution >= 0.6 is 15.9 Å². The highest BCUT2D eigenvalue weighted by molar-refractivity contribution is 9.10. The summed E-state index contributed by atoms with van der Waals surface area (Å²) in [6.45, 7) is 0. The normalized spacial score (nSPS) is 12.5. The maximum absolute atomic E-state index is 13.5. The van der Waals surface area contributed by atoms with Crippen LogP contribution < -0.4 is 0 Å². The fourth-order valence-electron chi connectivity index (χ4n) is 1.81. The zero-order valence-electron chi connectivity index (χ0n) is 10.0. The van der Waals surface area contributed by atoms with Gasteiger partial charge in [-0.2, -0.15) is 0 Å². The van der Waals surface area contributed by atoms with Gasteiger partial charge in [0.2, 0.25) is 0 Å². The summed E-state index contributed by atoms with van der Waals surface area (Å²) in [5.74, 6) is -4.14. The van der Waals surface area contributed by atoms with Gasteiger partial charge in [0, 0.05) is 22.5 Å². The fourth-order valence-corrected chi connectivity index (χ4v) is 2.22. The van der Waals surface area contributed by atoms with Crippen molar-refractivity contribution in [2.45, 2.75) is 12.5 Å². The standard InChI is InChI=1S/C14H9BrF4O/c15-10-2-1-8(16)3-7(10)4-14(20)9-5-12(18)13(19)6-11(9)17/h1-3,5-6,14,20H,4H2. The van der Waals surface area contributed by atoms with Gasteiger partial charge < -0.3 is 5.11 Å². The quantitative estimate of drug-likeness (QED) is 0.648. The van der Waals surface area contributed by atoms with Gasteiger partial charge in [0.1, 0.15) is 11.6 Å². The first-order chi connectivity index (χ1) is 9.38. The van der Waals surface area contributed by atoms with E-state index >= 15 is 0 Å². The largest absolute Gasteiger partial charge is 0.388 e. The predicted molar refractivity (Wildman–Crippen MR) is 69.1 cm³/mol. The van der Waals surface area contributed by atoms with Crippen LogP contribution in [0, 0.1) is 23.3 Å². The van der Waals surface area contributed by atoms with E-state index in [1.54, 1.807) is 0 Å². The minimum atomic E-state index is -1.41. The van der Waals surface area contributed by atoms with E-state index in [9.17, 15) is 22.7 Å². The van der Waals surface area contributed by atoms with Crippen molar-refractivity contribution >= 4 is 15.9 Å². The van der Waals surface area contributed by atoms with Crippen molar-refractivity contribution in [1.82, 2.24) is 0 Å². The van der Waals surface area contributed by atoms with Crippen molar-refractivity contribution in [2.75, 3.05) is 0 Å². The molecule has 0 heterocycles. The molecule has 1 nitrogen and oxygen atoms in total. The van der Waals surface area contributed by atoms with Crippen molar-refractivity contribution in [3.8, 4) is 0 Å². The van der Waals surface area contributed by atoms with Gasteiger partial charge in [-0.1, -0.05) is 15.9 Å². The maximum Gasteiger partial charge on any atom is 0.161 e. The van der Waals surface area contributed by atoms with E-state index in [4.69, 9.17) is 0 Å². The average Bonchev–Trinajstić information content (AvgIpc) is 2.38. The van der Waals surface area contributed by atoms with Crippen LogP contribution in [0.25, 0.3) is 0 Å². The lowest BCUT2D eigenvalue weighted by Crippen LogP contribution is -2.07. The molecule has 0 fully saturated rings. The Labute approximate surface area is 121 Å². The van der Waals surface area contributed by atoms with Gasteiger partial charge >= 0.3 is 0 Å². The Morgan fingerprint density at radius 1 is 0.950 bits per heavy atom. The number of benzene rings is 2. The number of aliphatic hydroxyl groups excluding tert-OH is 1. The van der Waals surface area contributed by atoms with Crippen molar-refractivity contribution < 1.29 is 22.7 Å². The second kappa shape index (κ2) is 5.93. The molecule has 20 heavy (non-hydrogen) atoms. The molecule has 1 unspecified atom stereocenters. The second-order valence-corrected chi connectivity index (χ2v) is 5.10. The first-order valence-corrected chi connectivity index (χ1v) is 6.44. The van der Waals surface area contributed by atoms with Crippen LogP contribution in [-0.4, -0.2) is 5.11 Å². The highest BCUT2D eigenvalue weighted by Crippen LogP contribution is 2.27. The van der Waals surface area contributed by atoms with Crippen molar-refractivity contribution in [3.05, 3.63) is 69.2 Å². The van der Waals surface area contributed by atoms with E-state index in [-0.39, 0.29) is 12.0 Å². The van der Waals surface area contributed by atoms with Crippen molar-refractivity contribution in [3.63, 3.8) is 0 Å². The van der Waals surface area contributed by atoms with Gasteiger partial charge in [-0.05, 0) is 29.8 Å². The molecule has 0 radical (unpaired) electrons. The number of hydrogen-bond donors (Lipinski definition) is 1. The number of rotatable bonds is 3. The summed E-state index contributed by atoms with van der Waals surface area (Å²) < 4.78 is 53.0. The first kappa shape index (κ1) is 15.0. The summed E-state index contributed by atoms with van der Waals surface area (Å²) in [5, 5.41) is 9.91. The highest BCUT2D eigenvalue weighted by Gasteiger charge is 2.18. The minimum absolute atomic E-state index is 0.139. The molecule has 2 aromatic rings. The summed E-state index contributed by atoms with van der Waals surface area (Å²) in [6, 6.07) is 4.80. The molecule has 0 spiro atoms. The molecular formula is C14H9BrF4O. The van der Waals surface area contributed by atoms with Gasteiger partial charge in [0.25, 0.3) is 0 Å². The molecule has 6 heteroatoms. The Balaban J connectivity index is 2.30. The Bertz CT molecular complexity index is 645. The molecule has 0 aliphatic carbocycles. The molecule has 0 amide bonds. The first-order valence-electron chi connectivity index (χ1n) is 5.65. The third kappa shape index (κ3) is 3.19. The lowest BCUT2D eigenvalue weighted by Gasteiger charge is -2.13. The Morgan fingerprint density at radius 2 is 1.60 bits per heavy atom. The van der Waals surface area contributed by atoms with Gasteiger partial charge in [-0.25, -0.2) is 17.6 Å². The van der Waals surface area contributed by atoms with Crippen LogP contribution in [-0.2, 0) is 6.42 Å². The molecule has 0 bridgehead atoms. The molecule has 1 N–H and O–H groups in total. The molecule has 0 aromatic heterocycles. The molecular weight excluding hydrogens is 340 g/mol. The highest BCUT2D eigenvalue weighted by atomic mass is 79.9. The fraction of sp³-hybridized carbons (Fsp3) is 0.143. The van der Waals surface area contributed by atoms with E-state index < -0.39 is 29.4 Å². The van der Waals surface area contributed by atoms with Gasteiger partial charge in [0.15, 0.2) is 11.6 Å². The third-order valence-corrected chi connectivity index (χ3v) is 3.59. The number of halogens is 5. The van der Waals surface area contributed by atoms with E-state index in [1.807, 2.05) is 0 Å². The van der Waals surface area contributed by atoms with Crippen LogP contribution in [0.1, 0.15) is 17.2 Å². The van der Waals surface area contributed by atoms with Crippen LogP contribution in [0.3, 0.4) is 0 Å². The Kier molecular flexibility index (Phi) is 4.45. The lowest BCUT2D eigenvalue weighted by molar-refractivity contribution is 0.172. The molecule has 2 aromatic carbocycles. The lowest BCUT2D eigenvalue weighted by atomic mass is 10.0. The van der Waals surface area contributed by atoms with E-state index in [1.165, 1.54) is 18.2 Å². The van der Waals surface area contributed by atoms with E-state index in [2.05, 4.69) is 15.9 Å². The molecule has 1 atom stereocenters. The summed E-state index contributed by atoms with van der Waals surface area (Å²) in [6.07, 6.45) is -1.55. The summed E-state index contributed by atoms with van der Waals surface area (Å²) in [4.78, 5) is 0. The average molecular weight is 349 g/mol. The van der Waals surface area contributed by atoms with Crippen LogP contribution in [0.5, 0.6) is 0 Å². The van der Waals surface area contributed by atoms with E-state index in [0.717, 1.165) is 0 Å². The van der Waals surface area contributed by atoms with Crippen LogP contribution in [0.15, 0.2) is 34.8 Å².